The Morgan fingerprint density at radius 3 is 3.00 bits per heavy atom. The van der Waals surface area contributed by atoms with E-state index in [0.717, 1.165) is 22.6 Å². The number of nitrogens with two attached hydrogens (primary N) is 1. The van der Waals surface area contributed by atoms with Crippen molar-refractivity contribution in [2.75, 3.05) is 12.5 Å². The highest BCUT2D eigenvalue weighted by Crippen LogP contribution is 2.32. The van der Waals surface area contributed by atoms with Gasteiger partial charge in [0, 0.05) is 16.8 Å². The molecule has 1 heterocycles. The van der Waals surface area contributed by atoms with Crippen LogP contribution in [0.1, 0.15) is 30.4 Å². The van der Waals surface area contributed by atoms with Crippen molar-refractivity contribution in [2.24, 2.45) is 0 Å². The molecular weight excluding hydrogens is 218 g/mol. The van der Waals surface area contributed by atoms with Crippen molar-refractivity contribution in [3.05, 3.63) is 23.3 Å². The number of fused-ring (bicyclic) bond motifs is 1. The summed E-state index contributed by atoms with van der Waals surface area (Å²) in [7, 11) is 0. The molecule has 2 N–H and O–H groups in total. The first-order valence-corrected chi connectivity index (χ1v) is 6.06. The van der Waals surface area contributed by atoms with Crippen LogP contribution in [0.3, 0.4) is 0 Å². The number of rotatable bonds is 3. The van der Waals surface area contributed by atoms with Gasteiger partial charge < -0.3 is 19.9 Å². The van der Waals surface area contributed by atoms with Gasteiger partial charge in [0.15, 0.2) is 6.79 Å². The highest BCUT2D eigenvalue weighted by Gasteiger charge is 2.20. The third kappa shape index (κ3) is 2.23. The van der Waals surface area contributed by atoms with Crippen LogP contribution >= 0.6 is 0 Å². The summed E-state index contributed by atoms with van der Waals surface area (Å²) in [6.07, 6.45) is 4.06. The van der Waals surface area contributed by atoms with Crippen LogP contribution in [0.2, 0.25) is 0 Å². The lowest BCUT2D eigenvalue weighted by Crippen LogP contribution is -2.22. The molecule has 1 aliphatic heterocycles. The lowest BCUT2D eigenvalue weighted by Gasteiger charge is -2.27. The lowest BCUT2D eigenvalue weighted by molar-refractivity contribution is -0.0261. The molecule has 1 aromatic rings. The van der Waals surface area contributed by atoms with E-state index < -0.39 is 0 Å². The first kappa shape index (κ1) is 10.9. The molecule has 1 aliphatic carbocycles. The SMILES string of the molecule is Nc1cc2c(c(COC3CCC3)c1)OCOC2. The number of nitrogen functional groups attached to an aromatic ring is 1. The Bertz CT molecular complexity index is 415. The van der Waals surface area contributed by atoms with Crippen LogP contribution in [0.25, 0.3) is 0 Å². The van der Waals surface area contributed by atoms with Gasteiger partial charge in [0.25, 0.3) is 0 Å². The third-order valence-electron chi connectivity index (χ3n) is 3.34. The zero-order valence-electron chi connectivity index (χ0n) is 9.78. The molecule has 0 unspecified atom stereocenters. The molecule has 0 atom stereocenters. The van der Waals surface area contributed by atoms with Gasteiger partial charge in [-0.05, 0) is 31.4 Å². The summed E-state index contributed by atoms with van der Waals surface area (Å²) in [5.41, 5.74) is 8.66. The predicted octanol–water partition coefficient (Wildman–Crippen LogP) is 2.20. The monoisotopic (exact) mass is 235 g/mol. The van der Waals surface area contributed by atoms with Gasteiger partial charge in [-0.2, -0.15) is 0 Å². The van der Waals surface area contributed by atoms with E-state index in [-0.39, 0.29) is 0 Å². The molecule has 0 saturated heterocycles. The van der Waals surface area contributed by atoms with Crippen molar-refractivity contribution >= 4 is 5.69 Å². The van der Waals surface area contributed by atoms with Gasteiger partial charge in [-0.1, -0.05) is 0 Å². The van der Waals surface area contributed by atoms with E-state index in [2.05, 4.69) is 0 Å². The molecule has 17 heavy (non-hydrogen) atoms. The summed E-state index contributed by atoms with van der Waals surface area (Å²) in [5, 5.41) is 0. The Hall–Kier alpha value is -1.26. The van der Waals surface area contributed by atoms with Crippen molar-refractivity contribution in [3.63, 3.8) is 0 Å². The highest BCUT2D eigenvalue weighted by atomic mass is 16.7. The van der Waals surface area contributed by atoms with Crippen molar-refractivity contribution in [3.8, 4) is 5.75 Å². The van der Waals surface area contributed by atoms with Gasteiger partial charge in [-0.15, -0.1) is 0 Å². The van der Waals surface area contributed by atoms with Gasteiger partial charge in [-0.25, -0.2) is 0 Å². The molecule has 0 aromatic heterocycles. The maximum absolute atomic E-state index is 5.87. The second kappa shape index (κ2) is 4.55. The Kier molecular flexibility index (Phi) is 2.91. The van der Waals surface area contributed by atoms with Crippen LogP contribution in [-0.2, 0) is 22.7 Å². The molecular formula is C13H17NO3. The van der Waals surface area contributed by atoms with Crippen LogP contribution in [0.4, 0.5) is 5.69 Å². The second-order valence-corrected chi connectivity index (χ2v) is 4.64. The van der Waals surface area contributed by atoms with E-state index in [1.807, 2.05) is 12.1 Å². The molecule has 1 saturated carbocycles. The maximum atomic E-state index is 5.87. The van der Waals surface area contributed by atoms with Crippen LogP contribution in [0, 0.1) is 0 Å². The Morgan fingerprint density at radius 1 is 1.35 bits per heavy atom. The molecule has 4 nitrogen and oxygen atoms in total. The maximum Gasteiger partial charge on any atom is 0.189 e. The van der Waals surface area contributed by atoms with E-state index in [9.17, 15) is 0 Å². The van der Waals surface area contributed by atoms with Crippen molar-refractivity contribution in [1.82, 2.24) is 0 Å². The van der Waals surface area contributed by atoms with Crippen molar-refractivity contribution in [1.29, 1.82) is 0 Å². The summed E-state index contributed by atoms with van der Waals surface area (Å²) in [6, 6.07) is 3.84. The van der Waals surface area contributed by atoms with E-state index >= 15 is 0 Å². The minimum Gasteiger partial charge on any atom is -0.467 e. The average Bonchev–Trinajstić information content (AvgIpc) is 2.26. The minimum absolute atomic E-state index is 0.313. The number of anilines is 1. The third-order valence-corrected chi connectivity index (χ3v) is 3.34. The Morgan fingerprint density at radius 2 is 2.24 bits per heavy atom. The molecule has 1 aromatic carbocycles. The van der Waals surface area contributed by atoms with E-state index in [1.54, 1.807) is 0 Å². The van der Waals surface area contributed by atoms with Crippen LogP contribution in [0.5, 0.6) is 5.75 Å². The van der Waals surface area contributed by atoms with Crippen LogP contribution < -0.4 is 10.5 Å². The van der Waals surface area contributed by atoms with Gasteiger partial charge in [-0.3, -0.25) is 0 Å². The van der Waals surface area contributed by atoms with Crippen LogP contribution in [-0.4, -0.2) is 12.9 Å². The van der Waals surface area contributed by atoms with Gasteiger partial charge >= 0.3 is 0 Å². The topological polar surface area (TPSA) is 53.7 Å². The minimum atomic E-state index is 0.313. The molecule has 1 fully saturated rings. The highest BCUT2D eigenvalue weighted by molar-refractivity contribution is 5.53. The standard InChI is InChI=1S/C13H17NO3/c14-11-4-9-6-15-8-17-13(9)10(5-11)7-16-12-2-1-3-12/h4-5,12H,1-3,6-8,14H2. The summed E-state index contributed by atoms with van der Waals surface area (Å²) in [6.45, 7) is 1.46. The summed E-state index contributed by atoms with van der Waals surface area (Å²) in [5.74, 6) is 0.893. The predicted molar refractivity (Wildman–Crippen MR) is 63.6 cm³/mol. The number of hydrogen-bond donors (Lipinski definition) is 1. The summed E-state index contributed by atoms with van der Waals surface area (Å²) >= 11 is 0. The normalized spacial score (nSPS) is 19.3. The fourth-order valence-electron chi connectivity index (χ4n) is 2.18. The smallest absolute Gasteiger partial charge is 0.189 e. The quantitative estimate of drug-likeness (QED) is 0.816. The van der Waals surface area contributed by atoms with E-state index in [1.165, 1.54) is 19.3 Å². The van der Waals surface area contributed by atoms with Gasteiger partial charge in [0.1, 0.15) is 5.75 Å². The molecule has 3 rings (SSSR count). The van der Waals surface area contributed by atoms with Crippen molar-refractivity contribution < 1.29 is 14.2 Å². The van der Waals surface area contributed by atoms with Crippen LogP contribution in [0.15, 0.2) is 12.1 Å². The summed E-state index contributed by atoms with van der Waals surface area (Å²) in [4.78, 5) is 0. The van der Waals surface area contributed by atoms with Crippen molar-refractivity contribution in [2.45, 2.75) is 38.6 Å². The van der Waals surface area contributed by atoms with E-state index in [4.69, 9.17) is 19.9 Å². The number of hydrogen-bond acceptors (Lipinski definition) is 4. The van der Waals surface area contributed by atoms with Gasteiger partial charge in [0.05, 0.1) is 19.3 Å². The summed E-state index contributed by atoms with van der Waals surface area (Å²) < 4.78 is 16.6. The molecule has 0 amide bonds. The van der Waals surface area contributed by atoms with E-state index in [0.29, 0.717) is 26.1 Å². The number of ether oxygens (including phenoxy) is 3. The average molecular weight is 235 g/mol. The molecule has 92 valence electrons. The zero-order valence-corrected chi connectivity index (χ0v) is 9.78. The zero-order chi connectivity index (χ0) is 11.7. The largest absolute Gasteiger partial charge is 0.467 e. The number of benzene rings is 1. The first-order chi connectivity index (χ1) is 8.33. The molecule has 2 aliphatic rings. The first-order valence-electron chi connectivity index (χ1n) is 6.06. The Labute approximate surface area is 101 Å². The fourth-order valence-corrected chi connectivity index (χ4v) is 2.18. The molecule has 0 bridgehead atoms. The molecule has 4 heteroatoms. The molecule has 0 radical (unpaired) electrons. The fraction of sp³-hybridized carbons (Fsp3) is 0.538. The molecule has 0 spiro atoms. The Balaban J connectivity index is 1.78. The van der Waals surface area contributed by atoms with Gasteiger partial charge in [0.2, 0.25) is 0 Å². The lowest BCUT2D eigenvalue weighted by atomic mass is 9.96. The second-order valence-electron chi connectivity index (χ2n) is 4.64.